The molecule has 15 heavy (non-hydrogen) atoms. The molecule has 0 heterocycles. The summed E-state index contributed by atoms with van der Waals surface area (Å²) in [6.45, 7) is 5.44. The molecule has 86 valence electrons. The summed E-state index contributed by atoms with van der Waals surface area (Å²) in [5, 5.41) is 0. The lowest BCUT2D eigenvalue weighted by atomic mass is 9.88. The fraction of sp³-hybridized carbons (Fsp3) is 0.818. The quantitative estimate of drug-likeness (QED) is 0.627. The van der Waals surface area contributed by atoms with Gasteiger partial charge in [-0.1, -0.05) is 6.92 Å². The third kappa shape index (κ3) is 2.94. The lowest BCUT2D eigenvalue weighted by Crippen LogP contribution is -2.28. The summed E-state index contributed by atoms with van der Waals surface area (Å²) in [5.41, 5.74) is 0. The Morgan fingerprint density at radius 2 is 2.07 bits per heavy atom. The van der Waals surface area contributed by atoms with Crippen molar-refractivity contribution in [2.75, 3.05) is 6.61 Å². The molecule has 1 rings (SSSR count). The lowest BCUT2D eigenvalue weighted by molar-refractivity contribution is -0.138. The van der Waals surface area contributed by atoms with E-state index in [1.807, 2.05) is 6.92 Å². The molecular weight excluding hydrogens is 196 g/mol. The number of ether oxygens (including phenoxy) is 2. The first-order valence-electron chi connectivity index (χ1n) is 5.35. The van der Waals surface area contributed by atoms with Crippen LogP contribution in [-0.2, 0) is 19.1 Å². The van der Waals surface area contributed by atoms with Crippen molar-refractivity contribution in [1.82, 2.24) is 0 Å². The molecule has 4 nitrogen and oxygen atoms in total. The first kappa shape index (κ1) is 12.0. The SMILES string of the molecule is CC1CCC([C@@H](C)OC=O)[C@H]1COC=O. The molecule has 0 amide bonds. The summed E-state index contributed by atoms with van der Waals surface area (Å²) >= 11 is 0. The van der Waals surface area contributed by atoms with Gasteiger partial charge in [-0.05, 0) is 25.7 Å². The van der Waals surface area contributed by atoms with E-state index in [0.29, 0.717) is 37.3 Å². The Kier molecular flexibility index (Phi) is 4.59. The maximum atomic E-state index is 10.3. The molecule has 0 radical (unpaired) electrons. The van der Waals surface area contributed by atoms with E-state index in [2.05, 4.69) is 6.92 Å². The molecule has 0 aromatic rings. The van der Waals surface area contributed by atoms with E-state index in [4.69, 9.17) is 9.47 Å². The standard InChI is InChI=1S/C11H18O4/c1-8-3-4-10(9(2)15-7-13)11(8)5-14-6-12/h6-11H,3-5H2,1-2H3/t8?,9-,10?,11+/m1/s1. The minimum atomic E-state index is -0.0901. The number of rotatable bonds is 6. The van der Waals surface area contributed by atoms with Gasteiger partial charge >= 0.3 is 0 Å². The maximum absolute atomic E-state index is 10.3. The van der Waals surface area contributed by atoms with Gasteiger partial charge in [0.1, 0.15) is 6.10 Å². The Balaban J connectivity index is 2.53. The summed E-state index contributed by atoms with van der Waals surface area (Å²) in [7, 11) is 0. The van der Waals surface area contributed by atoms with Crippen molar-refractivity contribution in [3.05, 3.63) is 0 Å². The van der Waals surface area contributed by atoms with Gasteiger partial charge in [0.25, 0.3) is 12.9 Å². The predicted molar refractivity (Wildman–Crippen MR) is 54.0 cm³/mol. The van der Waals surface area contributed by atoms with Crippen LogP contribution in [0.2, 0.25) is 0 Å². The van der Waals surface area contributed by atoms with E-state index in [1.54, 1.807) is 0 Å². The normalized spacial score (nSPS) is 32.0. The average molecular weight is 214 g/mol. The largest absolute Gasteiger partial charge is 0.468 e. The van der Waals surface area contributed by atoms with Crippen LogP contribution in [0.1, 0.15) is 26.7 Å². The van der Waals surface area contributed by atoms with Gasteiger partial charge in [0.15, 0.2) is 0 Å². The van der Waals surface area contributed by atoms with Crippen molar-refractivity contribution in [3.8, 4) is 0 Å². The van der Waals surface area contributed by atoms with E-state index >= 15 is 0 Å². The Morgan fingerprint density at radius 3 is 2.67 bits per heavy atom. The fourth-order valence-corrected chi connectivity index (χ4v) is 2.52. The topological polar surface area (TPSA) is 52.6 Å². The molecular formula is C11H18O4. The minimum absolute atomic E-state index is 0.0901. The van der Waals surface area contributed by atoms with Crippen LogP contribution in [0.3, 0.4) is 0 Å². The second-order valence-electron chi connectivity index (χ2n) is 4.25. The Labute approximate surface area is 89.9 Å². The number of hydrogen-bond donors (Lipinski definition) is 0. The van der Waals surface area contributed by atoms with Crippen LogP contribution >= 0.6 is 0 Å². The van der Waals surface area contributed by atoms with Gasteiger partial charge in [-0.25, -0.2) is 0 Å². The van der Waals surface area contributed by atoms with Crippen LogP contribution in [0.5, 0.6) is 0 Å². The maximum Gasteiger partial charge on any atom is 0.293 e. The Hall–Kier alpha value is -1.06. The van der Waals surface area contributed by atoms with E-state index in [1.165, 1.54) is 0 Å². The molecule has 0 saturated heterocycles. The molecule has 1 aliphatic rings. The van der Waals surface area contributed by atoms with Gasteiger partial charge in [-0.3, -0.25) is 9.59 Å². The zero-order valence-electron chi connectivity index (χ0n) is 9.22. The van der Waals surface area contributed by atoms with Crippen LogP contribution in [0.4, 0.5) is 0 Å². The lowest BCUT2D eigenvalue weighted by Gasteiger charge is -2.25. The van der Waals surface area contributed by atoms with Gasteiger partial charge in [0.05, 0.1) is 6.61 Å². The van der Waals surface area contributed by atoms with Gasteiger partial charge in [-0.15, -0.1) is 0 Å². The van der Waals surface area contributed by atoms with Crippen molar-refractivity contribution in [3.63, 3.8) is 0 Å². The molecule has 1 saturated carbocycles. The zero-order valence-corrected chi connectivity index (χ0v) is 9.22. The van der Waals surface area contributed by atoms with Crippen molar-refractivity contribution >= 4 is 12.9 Å². The monoisotopic (exact) mass is 214 g/mol. The fourth-order valence-electron chi connectivity index (χ4n) is 2.52. The minimum Gasteiger partial charge on any atom is -0.468 e. The third-order valence-electron chi connectivity index (χ3n) is 3.47. The van der Waals surface area contributed by atoms with E-state index < -0.39 is 0 Å². The zero-order chi connectivity index (χ0) is 11.3. The van der Waals surface area contributed by atoms with Crippen molar-refractivity contribution < 1.29 is 19.1 Å². The summed E-state index contributed by atoms with van der Waals surface area (Å²) < 4.78 is 9.78. The van der Waals surface area contributed by atoms with Crippen LogP contribution in [-0.4, -0.2) is 25.7 Å². The number of hydrogen-bond acceptors (Lipinski definition) is 4. The molecule has 2 unspecified atom stereocenters. The van der Waals surface area contributed by atoms with E-state index in [0.717, 1.165) is 12.8 Å². The molecule has 0 aliphatic heterocycles. The Bertz CT molecular complexity index is 217. The molecule has 1 aliphatic carbocycles. The predicted octanol–water partition coefficient (Wildman–Crippen LogP) is 1.38. The van der Waals surface area contributed by atoms with Crippen LogP contribution in [0, 0.1) is 17.8 Å². The Morgan fingerprint density at radius 1 is 1.33 bits per heavy atom. The summed E-state index contributed by atoms with van der Waals surface area (Å²) in [6.07, 6.45) is 2.04. The molecule has 0 N–H and O–H groups in total. The first-order chi connectivity index (χ1) is 7.20. The molecule has 4 heteroatoms. The molecule has 0 aromatic carbocycles. The highest BCUT2D eigenvalue weighted by Gasteiger charge is 2.37. The van der Waals surface area contributed by atoms with Crippen LogP contribution < -0.4 is 0 Å². The molecule has 0 spiro atoms. The van der Waals surface area contributed by atoms with E-state index in [-0.39, 0.29) is 6.10 Å². The molecule has 4 atom stereocenters. The van der Waals surface area contributed by atoms with Crippen LogP contribution in [0.15, 0.2) is 0 Å². The highest BCUT2D eigenvalue weighted by atomic mass is 16.5. The smallest absolute Gasteiger partial charge is 0.293 e. The molecule has 0 bridgehead atoms. The second kappa shape index (κ2) is 5.73. The van der Waals surface area contributed by atoms with Crippen molar-refractivity contribution in [1.29, 1.82) is 0 Å². The van der Waals surface area contributed by atoms with Gasteiger partial charge in [0.2, 0.25) is 0 Å². The van der Waals surface area contributed by atoms with Crippen molar-refractivity contribution in [2.24, 2.45) is 17.8 Å². The number of carbonyl (C=O) groups is 2. The highest BCUT2D eigenvalue weighted by Crippen LogP contribution is 2.39. The second-order valence-corrected chi connectivity index (χ2v) is 4.25. The number of carbonyl (C=O) groups excluding carboxylic acids is 2. The summed E-state index contributed by atoms with van der Waals surface area (Å²) in [5.74, 6) is 1.14. The first-order valence-corrected chi connectivity index (χ1v) is 5.35. The van der Waals surface area contributed by atoms with E-state index in [9.17, 15) is 9.59 Å². The average Bonchev–Trinajstić information content (AvgIpc) is 2.57. The van der Waals surface area contributed by atoms with Gasteiger partial charge < -0.3 is 9.47 Å². The summed E-state index contributed by atoms with van der Waals surface area (Å²) in [6, 6.07) is 0. The van der Waals surface area contributed by atoms with Gasteiger partial charge in [0, 0.05) is 11.8 Å². The summed E-state index contributed by atoms with van der Waals surface area (Å²) in [4.78, 5) is 20.4. The highest BCUT2D eigenvalue weighted by molar-refractivity contribution is 5.37. The third-order valence-corrected chi connectivity index (χ3v) is 3.47. The van der Waals surface area contributed by atoms with Crippen LogP contribution in [0.25, 0.3) is 0 Å². The van der Waals surface area contributed by atoms with Crippen molar-refractivity contribution in [2.45, 2.75) is 32.8 Å². The van der Waals surface area contributed by atoms with Gasteiger partial charge in [-0.2, -0.15) is 0 Å². The molecule has 1 fully saturated rings. The molecule has 0 aromatic heterocycles.